The summed E-state index contributed by atoms with van der Waals surface area (Å²) in [5.74, 6) is -1.49. The minimum Gasteiger partial charge on any atom is -0.478 e. The molecule has 0 aliphatic heterocycles. The van der Waals surface area contributed by atoms with Gasteiger partial charge in [-0.3, -0.25) is 4.79 Å². The van der Waals surface area contributed by atoms with E-state index in [0.717, 1.165) is 0 Å². The average molecular weight is 355 g/mol. The molecule has 0 heterocycles. The lowest BCUT2D eigenvalue weighted by Crippen LogP contribution is -2.13. The van der Waals surface area contributed by atoms with E-state index in [2.05, 4.69) is 21.2 Å². The lowest BCUT2D eigenvalue weighted by atomic mass is 10.1. The summed E-state index contributed by atoms with van der Waals surface area (Å²) in [4.78, 5) is 23.0. The van der Waals surface area contributed by atoms with Gasteiger partial charge in [-0.15, -0.1) is 0 Å². The van der Waals surface area contributed by atoms with E-state index < -0.39 is 11.9 Å². The van der Waals surface area contributed by atoms with Crippen LogP contribution in [0.1, 0.15) is 20.7 Å². The molecule has 2 aromatic carbocycles. The SMILES string of the molecule is O=C(O)c1cccc(C(=O)Nc2cc(Cl)ccc2Br)c1. The number of rotatable bonds is 3. The minimum atomic E-state index is -1.08. The van der Waals surface area contributed by atoms with Crippen molar-refractivity contribution in [2.75, 3.05) is 5.32 Å². The van der Waals surface area contributed by atoms with Crippen LogP contribution in [0.3, 0.4) is 0 Å². The maximum absolute atomic E-state index is 12.1. The zero-order valence-electron chi connectivity index (χ0n) is 10.1. The van der Waals surface area contributed by atoms with E-state index in [4.69, 9.17) is 16.7 Å². The molecule has 0 aliphatic rings. The van der Waals surface area contributed by atoms with Crippen LogP contribution < -0.4 is 5.32 Å². The van der Waals surface area contributed by atoms with Gasteiger partial charge in [-0.05, 0) is 52.3 Å². The molecule has 2 aromatic rings. The summed E-state index contributed by atoms with van der Waals surface area (Å²) in [6.45, 7) is 0. The highest BCUT2D eigenvalue weighted by molar-refractivity contribution is 9.10. The van der Waals surface area contributed by atoms with Crippen LogP contribution in [0.5, 0.6) is 0 Å². The standard InChI is InChI=1S/C14H9BrClNO3/c15-11-5-4-10(16)7-12(11)17-13(18)8-2-1-3-9(6-8)14(19)20/h1-7H,(H,17,18)(H,19,20). The summed E-state index contributed by atoms with van der Waals surface area (Å²) in [6, 6.07) is 10.8. The zero-order chi connectivity index (χ0) is 14.7. The summed E-state index contributed by atoms with van der Waals surface area (Å²) >= 11 is 9.16. The van der Waals surface area contributed by atoms with Gasteiger partial charge in [0.1, 0.15) is 0 Å². The number of carbonyl (C=O) groups excluding carboxylic acids is 1. The first-order chi connectivity index (χ1) is 9.47. The second-order valence-corrected chi connectivity index (χ2v) is 5.26. The minimum absolute atomic E-state index is 0.0582. The molecule has 0 aliphatic carbocycles. The van der Waals surface area contributed by atoms with Crippen LogP contribution in [-0.4, -0.2) is 17.0 Å². The van der Waals surface area contributed by atoms with E-state index >= 15 is 0 Å². The summed E-state index contributed by atoms with van der Waals surface area (Å²) in [5, 5.41) is 12.1. The summed E-state index contributed by atoms with van der Waals surface area (Å²) in [5.41, 5.74) is 0.836. The quantitative estimate of drug-likeness (QED) is 0.874. The van der Waals surface area contributed by atoms with E-state index in [0.29, 0.717) is 15.2 Å². The van der Waals surface area contributed by atoms with Crippen molar-refractivity contribution < 1.29 is 14.7 Å². The number of nitrogens with one attached hydrogen (secondary N) is 1. The predicted molar refractivity (Wildman–Crippen MR) is 80.5 cm³/mol. The third kappa shape index (κ3) is 3.37. The summed E-state index contributed by atoms with van der Waals surface area (Å²) in [7, 11) is 0. The van der Waals surface area contributed by atoms with Gasteiger partial charge in [-0.2, -0.15) is 0 Å². The Morgan fingerprint density at radius 1 is 1.10 bits per heavy atom. The van der Waals surface area contributed by atoms with Gasteiger partial charge in [0, 0.05) is 15.1 Å². The fourth-order valence-corrected chi connectivity index (χ4v) is 2.10. The van der Waals surface area contributed by atoms with Crippen molar-refractivity contribution in [1.29, 1.82) is 0 Å². The van der Waals surface area contributed by atoms with Gasteiger partial charge in [0.05, 0.1) is 11.3 Å². The Bertz CT molecular complexity index is 688. The monoisotopic (exact) mass is 353 g/mol. The van der Waals surface area contributed by atoms with Gasteiger partial charge in [-0.1, -0.05) is 17.7 Å². The maximum Gasteiger partial charge on any atom is 0.335 e. The molecule has 0 saturated heterocycles. The zero-order valence-corrected chi connectivity index (χ0v) is 12.4. The molecule has 0 atom stereocenters. The van der Waals surface area contributed by atoms with Gasteiger partial charge < -0.3 is 10.4 Å². The maximum atomic E-state index is 12.1. The van der Waals surface area contributed by atoms with Gasteiger partial charge in [-0.25, -0.2) is 4.79 Å². The molecule has 1 amide bonds. The van der Waals surface area contributed by atoms with Gasteiger partial charge in [0.15, 0.2) is 0 Å². The molecule has 0 spiro atoms. The first kappa shape index (κ1) is 14.6. The fourth-order valence-electron chi connectivity index (χ4n) is 1.58. The van der Waals surface area contributed by atoms with Crippen molar-refractivity contribution in [3.8, 4) is 0 Å². The number of carboxylic acid groups (broad SMARTS) is 1. The number of carboxylic acids is 1. The first-order valence-corrected chi connectivity index (χ1v) is 6.74. The van der Waals surface area contributed by atoms with Crippen molar-refractivity contribution in [2.45, 2.75) is 0 Å². The van der Waals surface area contributed by atoms with Crippen LogP contribution in [0.15, 0.2) is 46.9 Å². The molecule has 6 heteroatoms. The lowest BCUT2D eigenvalue weighted by molar-refractivity contribution is 0.0697. The number of halogens is 2. The number of benzene rings is 2. The highest BCUT2D eigenvalue weighted by Crippen LogP contribution is 2.26. The number of anilines is 1. The Hall–Kier alpha value is -1.85. The summed E-state index contributed by atoms with van der Waals surface area (Å²) < 4.78 is 0.685. The Labute approximate surface area is 128 Å². The van der Waals surface area contributed by atoms with E-state index in [1.165, 1.54) is 18.2 Å². The van der Waals surface area contributed by atoms with Crippen molar-refractivity contribution in [3.05, 3.63) is 63.1 Å². The Morgan fingerprint density at radius 2 is 1.80 bits per heavy atom. The highest BCUT2D eigenvalue weighted by atomic mass is 79.9. The van der Waals surface area contributed by atoms with Gasteiger partial charge in [0.25, 0.3) is 5.91 Å². The third-order valence-corrected chi connectivity index (χ3v) is 3.47. The van der Waals surface area contributed by atoms with Crippen molar-refractivity contribution in [3.63, 3.8) is 0 Å². The van der Waals surface area contributed by atoms with E-state index in [1.54, 1.807) is 24.3 Å². The fraction of sp³-hybridized carbons (Fsp3) is 0. The molecular weight excluding hydrogens is 346 g/mol. The topological polar surface area (TPSA) is 66.4 Å². The van der Waals surface area contributed by atoms with Crippen LogP contribution >= 0.6 is 27.5 Å². The molecule has 0 aromatic heterocycles. The van der Waals surface area contributed by atoms with Crippen LogP contribution in [0, 0.1) is 0 Å². The molecule has 2 rings (SSSR count). The average Bonchev–Trinajstić information content (AvgIpc) is 2.43. The van der Waals surface area contributed by atoms with E-state index in [1.807, 2.05) is 0 Å². The predicted octanol–water partition coefficient (Wildman–Crippen LogP) is 4.05. The number of carbonyl (C=O) groups is 2. The Balaban J connectivity index is 2.26. The van der Waals surface area contributed by atoms with Crippen LogP contribution in [0.4, 0.5) is 5.69 Å². The molecule has 0 unspecified atom stereocenters. The van der Waals surface area contributed by atoms with Crippen LogP contribution in [0.25, 0.3) is 0 Å². The number of hydrogen-bond acceptors (Lipinski definition) is 2. The highest BCUT2D eigenvalue weighted by Gasteiger charge is 2.11. The van der Waals surface area contributed by atoms with Gasteiger partial charge in [0.2, 0.25) is 0 Å². The molecule has 0 radical (unpaired) electrons. The lowest BCUT2D eigenvalue weighted by Gasteiger charge is -2.08. The summed E-state index contributed by atoms with van der Waals surface area (Å²) in [6.07, 6.45) is 0. The van der Waals surface area contributed by atoms with Gasteiger partial charge >= 0.3 is 5.97 Å². The van der Waals surface area contributed by atoms with Crippen molar-refractivity contribution in [1.82, 2.24) is 0 Å². The molecule has 102 valence electrons. The normalized spacial score (nSPS) is 10.1. The Morgan fingerprint density at radius 3 is 2.50 bits per heavy atom. The third-order valence-electron chi connectivity index (χ3n) is 2.55. The molecule has 20 heavy (non-hydrogen) atoms. The molecule has 0 fully saturated rings. The van der Waals surface area contributed by atoms with Crippen LogP contribution in [0.2, 0.25) is 5.02 Å². The Kier molecular flexibility index (Phi) is 4.42. The molecule has 2 N–H and O–H groups in total. The molecular formula is C14H9BrClNO3. The van der Waals surface area contributed by atoms with E-state index in [9.17, 15) is 9.59 Å². The molecule has 4 nitrogen and oxygen atoms in total. The number of aromatic carboxylic acids is 1. The largest absolute Gasteiger partial charge is 0.478 e. The number of amides is 1. The van der Waals surface area contributed by atoms with Crippen molar-refractivity contribution in [2.24, 2.45) is 0 Å². The second kappa shape index (κ2) is 6.07. The first-order valence-electron chi connectivity index (χ1n) is 5.57. The van der Waals surface area contributed by atoms with Crippen molar-refractivity contribution >= 4 is 45.1 Å². The number of hydrogen-bond donors (Lipinski definition) is 2. The second-order valence-electron chi connectivity index (χ2n) is 3.96. The smallest absolute Gasteiger partial charge is 0.335 e. The molecule has 0 bridgehead atoms. The van der Waals surface area contributed by atoms with Crippen LogP contribution in [-0.2, 0) is 0 Å². The molecule has 0 saturated carbocycles. The van der Waals surface area contributed by atoms with E-state index in [-0.39, 0.29) is 11.1 Å².